The first-order valence-corrected chi connectivity index (χ1v) is 12.6. The number of ether oxygens (including phenoxy) is 1. The Hall–Kier alpha value is -2.68. The highest BCUT2D eigenvalue weighted by atomic mass is 32.2. The Morgan fingerprint density at radius 3 is 2.33 bits per heavy atom. The first kappa shape index (κ1) is 25.0. The highest BCUT2D eigenvalue weighted by Gasteiger charge is 2.30. The number of sulfonamides is 1. The summed E-state index contributed by atoms with van der Waals surface area (Å²) in [6, 6.07) is 17.2. The summed E-state index contributed by atoms with van der Waals surface area (Å²) in [4.78, 5) is 14.9. The molecule has 0 spiro atoms. The van der Waals surface area contributed by atoms with E-state index in [1.807, 2.05) is 68.7 Å². The Labute approximate surface area is 197 Å². The molecule has 1 atom stereocenters. The summed E-state index contributed by atoms with van der Waals surface area (Å²) >= 11 is 0. The second-order valence-electron chi connectivity index (χ2n) is 8.43. The normalized spacial score (nSPS) is 16.7. The van der Waals surface area contributed by atoms with Gasteiger partial charge in [-0.2, -0.15) is 4.31 Å². The van der Waals surface area contributed by atoms with Crippen molar-refractivity contribution in [2.45, 2.75) is 18.9 Å². The average Bonchev–Trinajstić information content (AvgIpc) is 2.84. The summed E-state index contributed by atoms with van der Waals surface area (Å²) in [5, 5.41) is 4.32. The van der Waals surface area contributed by atoms with Gasteiger partial charge >= 0.3 is 0 Å². The lowest BCUT2D eigenvalue weighted by molar-refractivity contribution is -0.126. The van der Waals surface area contributed by atoms with Gasteiger partial charge < -0.3 is 15.0 Å². The third-order valence-corrected chi connectivity index (χ3v) is 7.58. The smallest absolute Gasteiger partial charge is 0.236 e. The lowest BCUT2D eigenvalue weighted by atomic mass is 9.97. The van der Waals surface area contributed by atoms with Crippen LogP contribution in [0.2, 0.25) is 0 Å². The van der Waals surface area contributed by atoms with E-state index in [1.165, 1.54) is 9.71 Å². The van der Waals surface area contributed by atoms with Gasteiger partial charge in [0.25, 0.3) is 0 Å². The van der Waals surface area contributed by atoms with Crippen LogP contribution >= 0.6 is 0 Å². The Morgan fingerprint density at radius 1 is 1.12 bits per heavy atom. The van der Waals surface area contributed by atoms with Crippen molar-refractivity contribution < 1.29 is 17.9 Å². The number of benzene rings is 2. The predicted molar refractivity (Wildman–Crippen MR) is 131 cm³/mol. The molecule has 7 nitrogen and oxygen atoms in total. The molecule has 1 saturated heterocycles. The molecule has 3 rings (SSSR count). The Kier molecular flexibility index (Phi) is 8.66. The highest BCUT2D eigenvalue weighted by molar-refractivity contribution is 7.92. The number of nitrogens with zero attached hydrogens (tertiary/aromatic N) is 2. The minimum Gasteiger partial charge on any atom is -0.497 e. The quantitative estimate of drug-likeness (QED) is 0.608. The third-order valence-electron chi connectivity index (χ3n) is 6.01. The molecule has 0 bridgehead atoms. The molecule has 0 aliphatic carbocycles. The highest BCUT2D eigenvalue weighted by Crippen LogP contribution is 2.23. The fourth-order valence-electron chi connectivity index (χ4n) is 3.95. The Balaban J connectivity index is 1.52. The van der Waals surface area contributed by atoms with Crippen LogP contribution in [0.5, 0.6) is 5.75 Å². The second-order valence-corrected chi connectivity index (χ2v) is 10.2. The van der Waals surface area contributed by atoms with E-state index in [0.717, 1.165) is 16.9 Å². The van der Waals surface area contributed by atoms with E-state index < -0.39 is 10.0 Å². The molecule has 1 aliphatic heterocycles. The number of carbonyl (C=O) groups excluding carboxylic acids is 1. The molecule has 1 heterocycles. The molecule has 1 N–H and O–H groups in total. The van der Waals surface area contributed by atoms with Crippen molar-refractivity contribution in [2.75, 3.05) is 40.8 Å². The Bertz CT molecular complexity index is 1030. The van der Waals surface area contributed by atoms with Gasteiger partial charge in [-0.15, -0.1) is 0 Å². The van der Waals surface area contributed by atoms with Crippen LogP contribution in [-0.4, -0.2) is 64.4 Å². The lowest BCUT2D eigenvalue weighted by Gasteiger charge is -2.31. The van der Waals surface area contributed by atoms with Gasteiger partial charge in [-0.25, -0.2) is 8.42 Å². The molecule has 0 saturated carbocycles. The van der Waals surface area contributed by atoms with E-state index in [9.17, 15) is 13.2 Å². The minimum atomic E-state index is -3.51. The molecule has 2 aromatic carbocycles. The maximum Gasteiger partial charge on any atom is 0.236 e. The number of rotatable bonds is 9. The zero-order valence-electron chi connectivity index (χ0n) is 19.5. The maximum atomic E-state index is 12.8. The van der Waals surface area contributed by atoms with Crippen LogP contribution in [0, 0.1) is 5.92 Å². The fourth-order valence-corrected chi connectivity index (χ4v) is 5.17. The van der Waals surface area contributed by atoms with Gasteiger partial charge in [0.05, 0.1) is 13.2 Å². The average molecular weight is 472 g/mol. The summed E-state index contributed by atoms with van der Waals surface area (Å²) in [5.41, 5.74) is 1.93. The van der Waals surface area contributed by atoms with E-state index in [1.54, 1.807) is 13.2 Å². The molecule has 178 valence electrons. The lowest BCUT2D eigenvalue weighted by Crippen LogP contribution is -2.44. The van der Waals surface area contributed by atoms with Gasteiger partial charge in [0, 0.05) is 31.0 Å². The van der Waals surface area contributed by atoms with Crippen molar-refractivity contribution >= 4 is 22.0 Å². The number of carbonyl (C=O) groups is 1. The standard InChI is InChI=1S/C25H33N3O4S/c1-27(2)24(21-9-11-23(32-3)12-10-21)19-26-25(29)22-13-16-28(17-14-22)33(30,31)18-15-20-7-5-4-6-8-20/h4-12,15,18,22,24H,13-14,16-17,19H2,1-3H3,(H,26,29)/b18-15+. The summed E-state index contributed by atoms with van der Waals surface area (Å²) in [6.45, 7) is 1.17. The molecule has 0 aromatic heterocycles. The van der Waals surface area contributed by atoms with Gasteiger partial charge in [0.15, 0.2) is 0 Å². The molecular formula is C25H33N3O4S. The summed E-state index contributed by atoms with van der Waals surface area (Å²) in [5.74, 6) is 0.584. The molecule has 1 fully saturated rings. The van der Waals surface area contributed by atoms with Crippen molar-refractivity contribution in [1.82, 2.24) is 14.5 Å². The molecule has 2 aromatic rings. The van der Waals surface area contributed by atoms with Crippen molar-refractivity contribution in [3.05, 3.63) is 71.1 Å². The topological polar surface area (TPSA) is 79.0 Å². The van der Waals surface area contributed by atoms with Crippen molar-refractivity contribution in [3.8, 4) is 5.75 Å². The summed E-state index contributed by atoms with van der Waals surface area (Å²) < 4.78 is 32.0. The van der Waals surface area contributed by atoms with Crippen LogP contribution in [0.4, 0.5) is 0 Å². The number of hydrogen-bond donors (Lipinski definition) is 1. The largest absolute Gasteiger partial charge is 0.497 e. The summed E-state index contributed by atoms with van der Waals surface area (Å²) in [7, 11) is 2.09. The molecule has 0 radical (unpaired) electrons. The van der Waals surface area contributed by atoms with Crippen LogP contribution in [0.15, 0.2) is 60.0 Å². The van der Waals surface area contributed by atoms with Gasteiger partial charge in [-0.05, 0) is 56.3 Å². The zero-order chi connectivity index (χ0) is 23.8. The van der Waals surface area contributed by atoms with E-state index in [4.69, 9.17) is 4.74 Å². The van der Waals surface area contributed by atoms with Crippen molar-refractivity contribution in [2.24, 2.45) is 5.92 Å². The van der Waals surface area contributed by atoms with Gasteiger partial charge in [0.1, 0.15) is 5.75 Å². The number of hydrogen-bond acceptors (Lipinski definition) is 5. The number of nitrogens with one attached hydrogen (secondary N) is 1. The van der Waals surface area contributed by atoms with E-state index in [-0.39, 0.29) is 17.9 Å². The van der Waals surface area contributed by atoms with Crippen LogP contribution < -0.4 is 10.1 Å². The minimum absolute atomic E-state index is 0.0211. The van der Waals surface area contributed by atoms with Gasteiger partial charge in [-0.3, -0.25) is 4.79 Å². The third kappa shape index (κ3) is 6.90. The molecule has 8 heteroatoms. The summed E-state index contributed by atoms with van der Waals surface area (Å²) in [6.07, 6.45) is 2.63. The molecular weight excluding hydrogens is 438 g/mol. The Morgan fingerprint density at radius 2 is 1.76 bits per heavy atom. The maximum absolute atomic E-state index is 12.8. The number of likely N-dealkylation sites (N-methyl/N-ethyl adjacent to an activating group) is 1. The number of piperidine rings is 1. The predicted octanol–water partition coefficient (Wildman–Crippen LogP) is 3.13. The number of methoxy groups -OCH3 is 1. The van der Waals surface area contributed by atoms with Crippen molar-refractivity contribution in [3.63, 3.8) is 0 Å². The molecule has 1 unspecified atom stereocenters. The van der Waals surface area contributed by atoms with E-state index >= 15 is 0 Å². The van der Waals surface area contributed by atoms with Gasteiger partial charge in [0.2, 0.25) is 15.9 Å². The monoisotopic (exact) mass is 471 g/mol. The first-order valence-electron chi connectivity index (χ1n) is 11.1. The van der Waals surface area contributed by atoms with Crippen LogP contribution in [0.3, 0.4) is 0 Å². The molecule has 33 heavy (non-hydrogen) atoms. The van der Waals surface area contributed by atoms with E-state index in [2.05, 4.69) is 10.2 Å². The first-order chi connectivity index (χ1) is 15.8. The number of amides is 1. The van der Waals surface area contributed by atoms with E-state index in [0.29, 0.717) is 32.5 Å². The van der Waals surface area contributed by atoms with Crippen LogP contribution in [0.1, 0.15) is 30.0 Å². The zero-order valence-corrected chi connectivity index (χ0v) is 20.3. The second kappa shape index (κ2) is 11.4. The van der Waals surface area contributed by atoms with Gasteiger partial charge in [-0.1, -0.05) is 42.5 Å². The van der Waals surface area contributed by atoms with Crippen LogP contribution in [-0.2, 0) is 14.8 Å². The SMILES string of the molecule is COc1ccc(C(CNC(=O)C2CCN(S(=O)(=O)/C=C/c3ccccc3)CC2)N(C)C)cc1. The molecule has 1 amide bonds. The molecule has 1 aliphatic rings. The van der Waals surface area contributed by atoms with Crippen molar-refractivity contribution in [1.29, 1.82) is 0 Å². The van der Waals surface area contributed by atoms with Crippen LogP contribution in [0.25, 0.3) is 6.08 Å². The fraction of sp³-hybridized carbons (Fsp3) is 0.400.